The van der Waals surface area contributed by atoms with Gasteiger partial charge in [-0.1, -0.05) is 0 Å². The van der Waals surface area contributed by atoms with Gasteiger partial charge >= 0.3 is 0 Å². The van der Waals surface area contributed by atoms with Crippen LogP contribution in [0.2, 0.25) is 0 Å². The smallest absolute Gasteiger partial charge is 0.272 e. The summed E-state index contributed by atoms with van der Waals surface area (Å²) in [7, 11) is 6.04. The molecule has 3 rings (SSSR count). The Morgan fingerprint density at radius 3 is 2.73 bits per heavy atom. The fourth-order valence-electron chi connectivity index (χ4n) is 3.51. The van der Waals surface area contributed by atoms with Gasteiger partial charge in [-0.25, -0.2) is 9.97 Å². The molecule has 0 radical (unpaired) electrons. The summed E-state index contributed by atoms with van der Waals surface area (Å²) >= 11 is 0. The highest BCUT2D eigenvalue weighted by Crippen LogP contribution is 2.26. The number of aryl methyl sites for hydroxylation is 2. The normalized spacial score (nSPS) is 17.8. The second kappa shape index (κ2) is 7.49. The molecule has 2 aromatic heterocycles. The van der Waals surface area contributed by atoms with Crippen molar-refractivity contribution in [2.24, 2.45) is 7.05 Å². The number of carbonyl (C=O) groups is 1. The van der Waals surface area contributed by atoms with Gasteiger partial charge in [-0.2, -0.15) is 0 Å². The van der Waals surface area contributed by atoms with E-state index in [0.29, 0.717) is 18.1 Å². The van der Waals surface area contributed by atoms with Gasteiger partial charge in [0.05, 0.1) is 6.54 Å². The third-order valence-corrected chi connectivity index (χ3v) is 4.72. The van der Waals surface area contributed by atoms with Crippen molar-refractivity contribution < 1.29 is 4.79 Å². The van der Waals surface area contributed by atoms with Crippen molar-refractivity contribution in [3.8, 4) is 0 Å². The Hall–Kier alpha value is -2.35. The van der Waals surface area contributed by atoms with Crippen LogP contribution < -0.4 is 0 Å². The summed E-state index contributed by atoms with van der Waals surface area (Å²) in [6.45, 7) is 5.85. The molecule has 0 N–H and O–H groups in total. The second-order valence-corrected chi connectivity index (χ2v) is 7.30. The Labute approximate surface area is 154 Å². The van der Waals surface area contributed by atoms with Crippen LogP contribution in [0, 0.1) is 13.8 Å². The average Bonchev–Trinajstić information content (AvgIpc) is 2.93. The largest absolute Gasteiger partial charge is 0.337 e. The quantitative estimate of drug-likeness (QED) is 0.821. The molecule has 26 heavy (non-hydrogen) atoms. The fraction of sp³-hybridized carbons (Fsp3) is 0.611. The summed E-state index contributed by atoms with van der Waals surface area (Å²) < 4.78 is 2.07. The molecule has 0 aromatic carbocycles. The highest BCUT2D eigenvalue weighted by atomic mass is 16.2. The standard InChI is InChI=1S/C18H27N7O/c1-12-9-15(20-13(2)19-12)18(26)25-8-6-7-14(10-25)17-22-21-16(24(17)5)11-23(3)4/h9,14H,6-8,10-11H2,1-5H3. The zero-order valence-corrected chi connectivity index (χ0v) is 16.2. The van der Waals surface area contributed by atoms with Crippen LogP contribution in [0.15, 0.2) is 6.07 Å². The van der Waals surface area contributed by atoms with Crippen LogP contribution in [0.25, 0.3) is 0 Å². The molecule has 1 saturated heterocycles. The summed E-state index contributed by atoms with van der Waals surface area (Å²) in [5.74, 6) is 2.69. The molecule has 0 bridgehead atoms. The van der Waals surface area contributed by atoms with E-state index in [1.54, 1.807) is 6.07 Å². The molecule has 2 aromatic rings. The number of hydrogen-bond acceptors (Lipinski definition) is 6. The molecule has 0 spiro atoms. The predicted octanol–water partition coefficient (Wildman–Crippen LogP) is 1.30. The molecule has 3 heterocycles. The van der Waals surface area contributed by atoms with Crippen molar-refractivity contribution in [2.45, 2.75) is 39.2 Å². The summed E-state index contributed by atoms with van der Waals surface area (Å²) in [5.41, 5.74) is 1.29. The van der Waals surface area contributed by atoms with Gasteiger partial charge in [-0.15, -0.1) is 10.2 Å². The Bertz CT molecular complexity index is 779. The summed E-state index contributed by atoms with van der Waals surface area (Å²) in [6, 6.07) is 1.76. The summed E-state index contributed by atoms with van der Waals surface area (Å²) in [6.07, 6.45) is 1.97. The lowest BCUT2D eigenvalue weighted by Gasteiger charge is -2.32. The third-order valence-electron chi connectivity index (χ3n) is 4.72. The number of piperidine rings is 1. The van der Waals surface area contributed by atoms with Crippen LogP contribution in [0.5, 0.6) is 0 Å². The van der Waals surface area contributed by atoms with Gasteiger partial charge in [0.1, 0.15) is 23.2 Å². The van der Waals surface area contributed by atoms with Gasteiger partial charge in [0.2, 0.25) is 0 Å². The van der Waals surface area contributed by atoms with Gasteiger partial charge < -0.3 is 14.4 Å². The van der Waals surface area contributed by atoms with E-state index in [9.17, 15) is 4.79 Å². The van der Waals surface area contributed by atoms with E-state index in [0.717, 1.165) is 43.3 Å². The van der Waals surface area contributed by atoms with E-state index in [-0.39, 0.29) is 11.8 Å². The van der Waals surface area contributed by atoms with Crippen LogP contribution in [0.3, 0.4) is 0 Å². The first kappa shape index (κ1) is 18.4. The molecule has 140 valence electrons. The molecule has 8 nitrogen and oxygen atoms in total. The number of rotatable bonds is 4. The Morgan fingerprint density at radius 2 is 2.04 bits per heavy atom. The zero-order valence-electron chi connectivity index (χ0n) is 16.2. The number of amides is 1. The van der Waals surface area contributed by atoms with Gasteiger partial charge in [-0.3, -0.25) is 4.79 Å². The number of aromatic nitrogens is 5. The Balaban J connectivity index is 1.77. The van der Waals surface area contributed by atoms with Crippen molar-refractivity contribution in [1.82, 2.24) is 34.5 Å². The minimum atomic E-state index is -0.0287. The lowest BCUT2D eigenvalue weighted by molar-refractivity contribution is 0.0696. The number of hydrogen-bond donors (Lipinski definition) is 0. The summed E-state index contributed by atoms with van der Waals surface area (Å²) in [4.78, 5) is 25.4. The first-order valence-corrected chi connectivity index (χ1v) is 8.99. The maximum Gasteiger partial charge on any atom is 0.272 e. The van der Waals surface area contributed by atoms with Crippen molar-refractivity contribution >= 4 is 5.91 Å². The monoisotopic (exact) mass is 357 g/mol. The van der Waals surface area contributed by atoms with E-state index in [1.807, 2.05) is 39.9 Å². The highest BCUT2D eigenvalue weighted by molar-refractivity contribution is 5.92. The average molecular weight is 357 g/mol. The van der Waals surface area contributed by atoms with Crippen LogP contribution in [0.4, 0.5) is 0 Å². The molecule has 1 unspecified atom stereocenters. The molecule has 1 atom stereocenters. The van der Waals surface area contributed by atoms with Gasteiger partial charge in [0, 0.05) is 31.7 Å². The molecule has 8 heteroatoms. The van der Waals surface area contributed by atoms with E-state index in [4.69, 9.17) is 0 Å². The second-order valence-electron chi connectivity index (χ2n) is 7.30. The van der Waals surface area contributed by atoms with Crippen LogP contribution >= 0.6 is 0 Å². The van der Waals surface area contributed by atoms with Crippen LogP contribution in [-0.2, 0) is 13.6 Å². The zero-order chi connectivity index (χ0) is 18.8. The molecular weight excluding hydrogens is 330 g/mol. The minimum Gasteiger partial charge on any atom is -0.337 e. The third kappa shape index (κ3) is 3.90. The van der Waals surface area contributed by atoms with Crippen molar-refractivity contribution in [1.29, 1.82) is 0 Å². The molecule has 0 aliphatic carbocycles. The van der Waals surface area contributed by atoms with E-state index in [2.05, 4.69) is 29.6 Å². The Kier molecular flexibility index (Phi) is 5.31. The van der Waals surface area contributed by atoms with Crippen LogP contribution in [-0.4, -0.2) is 67.6 Å². The lowest BCUT2D eigenvalue weighted by Crippen LogP contribution is -2.40. The summed E-state index contributed by atoms with van der Waals surface area (Å²) in [5, 5.41) is 8.74. The first-order chi connectivity index (χ1) is 12.3. The number of carbonyl (C=O) groups excluding carboxylic acids is 1. The van der Waals surface area contributed by atoms with E-state index in [1.165, 1.54) is 0 Å². The molecular formula is C18H27N7O. The van der Waals surface area contributed by atoms with E-state index < -0.39 is 0 Å². The maximum absolute atomic E-state index is 12.9. The van der Waals surface area contributed by atoms with Gasteiger partial charge in [0.25, 0.3) is 5.91 Å². The number of likely N-dealkylation sites (tertiary alicyclic amines) is 1. The molecule has 1 aliphatic heterocycles. The maximum atomic E-state index is 12.9. The first-order valence-electron chi connectivity index (χ1n) is 8.99. The highest BCUT2D eigenvalue weighted by Gasteiger charge is 2.29. The Morgan fingerprint density at radius 1 is 1.27 bits per heavy atom. The van der Waals surface area contributed by atoms with Gasteiger partial charge in [0.15, 0.2) is 0 Å². The lowest BCUT2D eigenvalue weighted by atomic mass is 9.97. The molecule has 1 fully saturated rings. The van der Waals surface area contributed by atoms with Crippen molar-refractivity contribution in [3.05, 3.63) is 34.9 Å². The van der Waals surface area contributed by atoms with Crippen molar-refractivity contribution in [3.63, 3.8) is 0 Å². The SMILES string of the molecule is Cc1cc(C(=O)N2CCCC(c3nnc(CN(C)C)n3C)C2)nc(C)n1. The molecule has 1 amide bonds. The minimum absolute atomic E-state index is 0.0287. The van der Waals surface area contributed by atoms with Crippen LogP contribution in [0.1, 0.15) is 52.4 Å². The molecule has 0 saturated carbocycles. The van der Waals surface area contributed by atoms with Gasteiger partial charge in [-0.05, 0) is 46.9 Å². The van der Waals surface area contributed by atoms with E-state index >= 15 is 0 Å². The number of nitrogens with zero attached hydrogens (tertiary/aromatic N) is 7. The fourth-order valence-corrected chi connectivity index (χ4v) is 3.51. The predicted molar refractivity (Wildman–Crippen MR) is 97.8 cm³/mol. The van der Waals surface area contributed by atoms with Crippen molar-refractivity contribution in [2.75, 3.05) is 27.2 Å². The topological polar surface area (TPSA) is 80.0 Å². The molecule has 1 aliphatic rings.